The van der Waals surface area contributed by atoms with Crippen LogP contribution in [0.5, 0.6) is 0 Å². The molecule has 2 atom stereocenters. The molecule has 214 valence electrons. The van der Waals surface area contributed by atoms with Crippen molar-refractivity contribution in [2.75, 3.05) is 27.4 Å². The monoisotopic (exact) mass is 534 g/mol. The molecule has 2 heterocycles. The molecule has 0 N–H and O–H groups in total. The highest BCUT2D eigenvalue weighted by Gasteiger charge is 2.50. The maximum atomic E-state index is 12.3. The number of hydrogen-bond donors (Lipinski definition) is 0. The van der Waals surface area contributed by atoms with Gasteiger partial charge in [-0.15, -0.1) is 0 Å². The lowest BCUT2D eigenvalue weighted by Crippen LogP contribution is -2.54. The van der Waals surface area contributed by atoms with Crippen molar-refractivity contribution < 1.29 is 47.1 Å². The van der Waals surface area contributed by atoms with Crippen LogP contribution in [0.15, 0.2) is 0 Å². The Morgan fingerprint density at radius 2 is 1.22 bits per heavy atom. The van der Waals surface area contributed by atoms with Crippen molar-refractivity contribution in [3.8, 4) is 0 Å². The molecule has 0 aromatic carbocycles. The van der Waals surface area contributed by atoms with Crippen LogP contribution in [0.1, 0.15) is 80.2 Å². The molecule has 0 saturated carbocycles. The Morgan fingerprint density at radius 1 is 0.838 bits per heavy atom. The zero-order chi connectivity index (χ0) is 31.6. The Bertz CT molecular complexity index is 956. The predicted molar refractivity (Wildman–Crippen MR) is 134 cm³/mol. The summed E-state index contributed by atoms with van der Waals surface area (Å²) in [7, 11) is 2.87. The van der Waals surface area contributed by atoms with Crippen LogP contribution in [0, 0.1) is 0 Å². The molecule has 0 spiro atoms. The molecule has 0 aromatic rings. The largest absolute Gasteiger partial charge is 0.444 e. The minimum Gasteiger partial charge on any atom is -0.444 e. The van der Waals surface area contributed by atoms with Crippen LogP contribution in [-0.4, -0.2) is 101 Å². The lowest BCUT2D eigenvalue weighted by molar-refractivity contribution is -0.174. The van der Waals surface area contributed by atoms with Gasteiger partial charge in [0.15, 0.2) is 5.78 Å². The van der Waals surface area contributed by atoms with Gasteiger partial charge in [-0.3, -0.25) is 24.2 Å². The first-order valence-electron chi connectivity index (χ1n) is 13.4. The minimum atomic E-state index is -2.78. The van der Waals surface area contributed by atoms with Crippen LogP contribution in [0.4, 0.5) is 9.59 Å². The van der Waals surface area contributed by atoms with Crippen molar-refractivity contribution in [2.45, 2.75) is 111 Å². The number of rotatable bonds is 3. The molecule has 12 nitrogen and oxygen atoms in total. The fraction of sp³-hybridized carbons (Fsp3) is 0.840. The number of hydrogen-bond acceptors (Lipinski definition) is 9. The van der Waals surface area contributed by atoms with Gasteiger partial charge in [0.2, 0.25) is 0 Å². The summed E-state index contributed by atoms with van der Waals surface area (Å²) in [5.41, 5.74) is -3.38. The molecular weight excluding hydrogens is 486 g/mol. The standard InChI is InChI=1S/C13H24N2O5.C12H21NO4/c1-12(2,3)20-11(17)15-9(8-19-13(15,4)5)10(16)14(6)18-7;1-8(14)9-7-16-12(5,6)13(9)10(15)17-11(2,3)4/h9H,8H2,1-7H3;9H,7H2,1-6H3/t2*9-/m11/s1/i;1D3. The second kappa shape index (κ2) is 11.5. The molecule has 2 aliphatic heterocycles. The molecule has 3 amide bonds. The third kappa shape index (κ3) is 8.82. The summed E-state index contributed by atoms with van der Waals surface area (Å²) < 4.78 is 43.1. The molecule has 0 unspecified atom stereocenters. The number of ketones is 1. The summed E-state index contributed by atoms with van der Waals surface area (Å²) in [6, 6.07) is -1.92. The van der Waals surface area contributed by atoms with Crippen LogP contribution in [-0.2, 0) is 33.4 Å². The molecule has 2 rings (SSSR count). The number of carbonyl (C=O) groups excluding carboxylic acids is 4. The SMILES string of the molecule is CON(C)C(=O)[C@H]1COC(C)(C)N1C(=O)OC(C)(C)C.[2H]C([2H])([2H])C(=O)[C@H]1COC(C)(C)N1C(=O)OC(C)(C)C. The van der Waals surface area contributed by atoms with Gasteiger partial charge >= 0.3 is 12.2 Å². The number of likely N-dealkylation sites (N-methyl/N-ethyl adjacent to an activating group) is 1. The Balaban J connectivity index is 0.000000400. The Hall–Kier alpha value is -2.44. The van der Waals surface area contributed by atoms with E-state index in [1.54, 1.807) is 69.2 Å². The van der Waals surface area contributed by atoms with Gasteiger partial charge < -0.3 is 18.9 Å². The van der Waals surface area contributed by atoms with Gasteiger partial charge in [0.05, 0.1) is 20.3 Å². The molecule has 2 aliphatic rings. The van der Waals surface area contributed by atoms with Crippen LogP contribution >= 0.6 is 0 Å². The molecule has 37 heavy (non-hydrogen) atoms. The van der Waals surface area contributed by atoms with Crippen molar-refractivity contribution in [3.63, 3.8) is 0 Å². The summed E-state index contributed by atoms with van der Waals surface area (Å²) >= 11 is 0. The van der Waals surface area contributed by atoms with E-state index in [1.807, 2.05) is 0 Å². The number of nitrogens with zero attached hydrogens (tertiary/aromatic N) is 3. The van der Waals surface area contributed by atoms with E-state index in [2.05, 4.69) is 0 Å². The van der Waals surface area contributed by atoms with Crippen LogP contribution in [0.2, 0.25) is 0 Å². The second-order valence-electron chi connectivity index (χ2n) is 11.6. The van der Waals surface area contributed by atoms with E-state index in [9.17, 15) is 19.2 Å². The smallest absolute Gasteiger partial charge is 0.413 e. The van der Waals surface area contributed by atoms with Gasteiger partial charge in [0, 0.05) is 11.2 Å². The number of amides is 3. The average molecular weight is 535 g/mol. The normalized spacial score (nSPS) is 24.2. The number of carbonyl (C=O) groups is 4. The van der Waals surface area contributed by atoms with E-state index < -0.39 is 59.6 Å². The number of Topliss-reactive ketones (excluding diaryl/α,β-unsaturated/α-hetero) is 1. The quantitative estimate of drug-likeness (QED) is 0.501. The van der Waals surface area contributed by atoms with E-state index >= 15 is 0 Å². The highest BCUT2D eigenvalue weighted by molar-refractivity contribution is 5.87. The molecule has 0 aliphatic carbocycles. The average Bonchev–Trinajstić information content (AvgIpc) is 3.24. The lowest BCUT2D eigenvalue weighted by Gasteiger charge is -2.35. The van der Waals surface area contributed by atoms with E-state index in [1.165, 1.54) is 19.1 Å². The third-order valence-electron chi connectivity index (χ3n) is 5.32. The van der Waals surface area contributed by atoms with Gasteiger partial charge in [0.1, 0.15) is 34.7 Å². The summed E-state index contributed by atoms with van der Waals surface area (Å²) in [6.45, 7) is 14.2. The van der Waals surface area contributed by atoms with Crippen molar-refractivity contribution in [1.82, 2.24) is 14.9 Å². The van der Waals surface area contributed by atoms with Gasteiger partial charge in [-0.05, 0) is 76.1 Å². The Morgan fingerprint density at radius 3 is 1.57 bits per heavy atom. The van der Waals surface area contributed by atoms with E-state index in [0.717, 1.165) is 9.96 Å². The first-order chi connectivity index (χ1) is 17.7. The van der Waals surface area contributed by atoms with Crippen LogP contribution in [0.3, 0.4) is 0 Å². The first kappa shape index (κ1) is 27.6. The first-order valence-corrected chi connectivity index (χ1v) is 11.9. The van der Waals surface area contributed by atoms with Gasteiger partial charge in [-0.1, -0.05) is 0 Å². The highest BCUT2D eigenvalue weighted by atomic mass is 16.7. The van der Waals surface area contributed by atoms with Crippen molar-refractivity contribution >= 4 is 23.9 Å². The maximum Gasteiger partial charge on any atom is 0.413 e. The topological polar surface area (TPSA) is 124 Å². The number of ether oxygens (including phenoxy) is 4. The lowest BCUT2D eigenvalue weighted by atomic mass is 10.1. The van der Waals surface area contributed by atoms with Crippen molar-refractivity contribution in [2.24, 2.45) is 0 Å². The van der Waals surface area contributed by atoms with Gasteiger partial charge in [-0.2, -0.15) is 0 Å². The van der Waals surface area contributed by atoms with E-state index in [0.29, 0.717) is 0 Å². The fourth-order valence-corrected chi connectivity index (χ4v) is 3.60. The fourth-order valence-electron chi connectivity index (χ4n) is 3.60. The van der Waals surface area contributed by atoms with Crippen LogP contribution in [0.25, 0.3) is 0 Å². The molecule has 2 saturated heterocycles. The van der Waals surface area contributed by atoms with Gasteiger partial charge in [0.25, 0.3) is 5.91 Å². The molecule has 0 aromatic heterocycles. The third-order valence-corrected chi connectivity index (χ3v) is 5.32. The van der Waals surface area contributed by atoms with Crippen molar-refractivity contribution in [3.05, 3.63) is 0 Å². The molecule has 0 radical (unpaired) electrons. The number of hydroxylamine groups is 2. The summed E-state index contributed by atoms with van der Waals surface area (Å²) in [5, 5.41) is 1.08. The minimum absolute atomic E-state index is 0.110. The van der Waals surface area contributed by atoms with E-state index in [-0.39, 0.29) is 19.1 Å². The molecule has 0 bridgehead atoms. The predicted octanol–water partition coefficient (Wildman–Crippen LogP) is 3.33. The summed E-state index contributed by atoms with van der Waals surface area (Å²) in [5.74, 6) is -1.38. The molecule has 12 heteroatoms. The van der Waals surface area contributed by atoms with Gasteiger partial charge in [-0.25, -0.2) is 14.7 Å². The molecular formula is C25H45N3O9. The zero-order valence-electron chi connectivity index (χ0n) is 27.1. The summed E-state index contributed by atoms with van der Waals surface area (Å²) in [4.78, 5) is 55.9. The Labute approximate surface area is 224 Å². The van der Waals surface area contributed by atoms with E-state index in [4.69, 9.17) is 27.9 Å². The van der Waals surface area contributed by atoms with Crippen molar-refractivity contribution in [1.29, 1.82) is 0 Å². The van der Waals surface area contributed by atoms with Crippen LogP contribution < -0.4 is 0 Å². The zero-order valence-corrected chi connectivity index (χ0v) is 24.1. The Kier molecular flexibility index (Phi) is 8.59. The summed E-state index contributed by atoms with van der Waals surface area (Å²) in [6.07, 6.45) is -1.34. The second-order valence-corrected chi connectivity index (χ2v) is 11.6. The molecule has 2 fully saturated rings. The highest BCUT2D eigenvalue weighted by Crippen LogP contribution is 2.31. The maximum absolute atomic E-state index is 12.3.